The molecule has 0 aliphatic carbocycles. The predicted octanol–water partition coefficient (Wildman–Crippen LogP) is 3.37. The molecule has 1 N–H and O–H groups in total. The maximum Gasteiger partial charge on any atom is 0.373 e. The number of ether oxygens (including phenoxy) is 1. The average Bonchev–Trinajstić information content (AvgIpc) is 2.39. The maximum absolute atomic E-state index is 11.2. The highest BCUT2D eigenvalue weighted by atomic mass is 79.9. The zero-order valence-corrected chi connectivity index (χ0v) is 12.1. The van der Waals surface area contributed by atoms with E-state index < -0.39 is 4.92 Å². The van der Waals surface area contributed by atoms with Crippen molar-refractivity contribution in [3.63, 3.8) is 0 Å². The molecule has 0 spiro atoms. The highest BCUT2D eigenvalue weighted by Gasteiger charge is 2.24. The number of benzene rings is 1. The summed E-state index contributed by atoms with van der Waals surface area (Å²) in [5.74, 6) is 0.486. The predicted molar refractivity (Wildman–Crippen MR) is 77.1 cm³/mol. The van der Waals surface area contributed by atoms with Crippen LogP contribution in [0.15, 0.2) is 35.1 Å². The van der Waals surface area contributed by atoms with Crippen molar-refractivity contribution in [2.24, 2.45) is 0 Å². The van der Waals surface area contributed by atoms with E-state index in [0.717, 1.165) is 4.47 Å². The van der Waals surface area contributed by atoms with Crippen LogP contribution in [0, 0.1) is 10.1 Å². The van der Waals surface area contributed by atoms with Gasteiger partial charge in [-0.1, -0.05) is 22.0 Å². The molecule has 0 amide bonds. The van der Waals surface area contributed by atoms with Gasteiger partial charge in [0.1, 0.15) is 12.1 Å². The number of nitrogens with zero attached hydrogens (tertiary/aromatic N) is 3. The van der Waals surface area contributed by atoms with Crippen LogP contribution in [0.1, 0.15) is 6.92 Å². The third-order valence-electron chi connectivity index (χ3n) is 2.33. The smallest absolute Gasteiger partial charge is 0.373 e. The molecule has 0 saturated carbocycles. The molecule has 7 nitrogen and oxygen atoms in total. The molecule has 8 heteroatoms. The van der Waals surface area contributed by atoms with E-state index in [1.54, 1.807) is 18.2 Å². The molecule has 0 unspecified atom stereocenters. The minimum atomic E-state index is -0.564. The van der Waals surface area contributed by atoms with Gasteiger partial charge in [0, 0.05) is 11.0 Å². The Morgan fingerprint density at radius 3 is 2.90 bits per heavy atom. The summed E-state index contributed by atoms with van der Waals surface area (Å²) in [5.41, 5.74) is -0.283. The van der Waals surface area contributed by atoms with Crippen molar-refractivity contribution in [3.05, 3.63) is 45.2 Å². The molecule has 0 aliphatic rings. The first-order valence-electron chi connectivity index (χ1n) is 5.78. The fraction of sp³-hybridized carbons (Fsp3) is 0.167. The molecule has 0 radical (unpaired) electrons. The number of anilines is 1. The number of nitrogens with one attached hydrogen (secondary N) is 1. The van der Waals surface area contributed by atoms with E-state index in [2.05, 4.69) is 31.2 Å². The molecule has 0 saturated heterocycles. The Labute approximate surface area is 123 Å². The molecule has 20 heavy (non-hydrogen) atoms. The van der Waals surface area contributed by atoms with Crippen LogP contribution in [0.4, 0.5) is 11.5 Å². The van der Waals surface area contributed by atoms with Gasteiger partial charge in [-0.3, -0.25) is 10.1 Å². The van der Waals surface area contributed by atoms with Crippen molar-refractivity contribution in [2.45, 2.75) is 6.92 Å². The lowest BCUT2D eigenvalue weighted by Crippen LogP contribution is -2.06. The second-order valence-corrected chi connectivity index (χ2v) is 4.64. The average molecular weight is 339 g/mol. The van der Waals surface area contributed by atoms with E-state index in [4.69, 9.17) is 4.74 Å². The number of rotatable bonds is 5. The molecule has 1 heterocycles. The van der Waals surface area contributed by atoms with Crippen LogP contribution in [-0.2, 0) is 0 Å². The van der Waals surface area contributed by atoms with Crippen LogP contribution in [0.2, 0.25) is 0 Å². The van der Waals surface area contributed by atoms with Crippen LogP contribution < -0.4 is 10.1 Å². The summed E-state index contributed by atoms with van der Waals surface area (Å²) in [6.45, 7) is 2.33. The lowest BCUT2D eigenvalue weighted by molar-refractivity contribution is -0.385. The van der Waals surface area contributed by atoms with E-state index in [9.17, 15) is 10.1 Å². The lowest BCUT2D eigenvalue weighted by Gasteiger charge is -2.08. The third-order valence-corrected chi connectivity index (χ3v) is 2.82. The zero-order valence-electron chi connectivity index (χ0n) is 10.5. The van der Waals surface area contributed by atoms with Gasteiger partial charge in [0.25, 0.3) is 0 Å². The Balaban J connectivity index is 2.40. The maximum atomic E-state index is 11.2. The summed E-state index contributed by atoms with van der Waals surface area (Å²) < 4.78 is 6.28. The molecule has 1 aromatic heterocycles. The Bertz CT molecular complexity index is 636. The molecule has 0 aliphatic heterocycles. The second kappa shape index (κ2) is 6.29. The second-order valence-electron chi connectivity index (χ2n) is 3.72. The van der Waals surface area contributed by atoms with Crippen molar-refractivity contribution in [3.8, 4) is 11.6 Å². The fourth-order valence-corrected chi connectivity index (χ4v) is 1.92. The molecule has 0 bridgehead atoms. The summed E-state index contributed by atoms with van der Waals surface area (Å²) in [5, 5.41) is 14.0. The monoisotopic (exact) mass is 338 g/mol. The van der Waals surface area contributed by atoms with Crippen LogP contribution in [0.3, 0.4) is 0 Å². The lowest BCUT2D eigenvalue weighted by atomic mass is 10.3. The normalized spacial score (nSPS) is 10.1. The van der Waals surface area contributed by atoms with E-state index in [0.29, 0.717) is 12.3 Å². The molecular weight excluding hydrogens is 328 g/mol. The number of hydrogen-bond acceptors (Lipinski definition) is 6. The van der Waals surface area contributed by atoms with Crippen molar-refractivity contribution >= 4 is 27.4 Å². The topological polar surface area (TPSA) is 90.2 Å². The molecule has 0 fully saturated rings. The van der Waals surface area contributed by atoms with Gasteiger partial charge >= 0.3 is 11.6 Å². The largest absolute Gasteiger partial charge is 0.434 e. The van der Waals surface area contributed by atoms with Gasteiger partial charge in [0.2, 0.25) is 5.82 Å². The van der Waals surface area contributed by atoms with E-state index in [1.807, 2.05) is 13.0 Å². The fourth-order valence-electron chi connectivity index (χ4n) is 1.54. The minimum absolute atomic E-state index is 0.0981. The van der Waals surface area contributed by atoms with Gasteiger partial charge in [-0.25, -0.2) is 4.98 Å². The highest BCUT2D eigenvalue weighted by Crippen LogP contribution is 2.34. The Hall–Kier alpha value is -2.22. The summed E-state index contributed by atoms with van der Waals surface area (Å²) in [6.07, 6.45) is 1.22. The van der Waals surface area contributed by atoms with Crippen LogP contribution in [-0.4, -0.2) is 21.4 Å². The van der Waals surface area contributed by atoms with Crippen LogP contribution >= 0.6 is 15.9 Å². The van der Waals surface area contributed by atoms with Gasteiger partial charge < -0.3 is 10.1 Å². The summed E-state index contributed by atoms with van der Waals surface area (Å²) in [4.78, 5) is 18.3. The molecule has 0 atom stereocenters. The van der Waals surface area contributed by atoms with Crippen molar-refractivity contribution in [1.82, 2.24) is 9.97 Å². The number of hydrogen-bond donors (Lipinski definition) is 1. The molecule has 2 rings (SSSR count). The van der Waals surface area contributed by atoms with Gasteiger partial charge in [-0.2, -0.15) is 4.98 Å². The van der Waals surface area contributed by atoms with Crippen molar-refractivity contribution in [1.29, 1.82) is 0 Å². The Morgan fingerprint density at radius 1 is 1.45 bits per heavy atom. The van der Waals surface area contributed by atoms with Crippen molar-refractivity contribution < 1.29 is 9.66 Å². The quantitative estimate of drug-likeness (QED) is 0.663. The summed E-state index contributed by atoms with van der Waals surface area (Å²) in [7, 11) is 0. The first-order valence-corrected chi connectivity index (χ1v) is 6.57. The highest BCUT2D eigenvalue weighted by molar-refractivity contribution is 9.10. The van der Waals surface area contributed by atoms with Gasteiger partial charge in [-0.05, 0) is 25.1 Å². The first kappa shape index (κ1) is 14.2. The number of nitro groups is 1. The van der Waals surface area contributed by atoms with E-state index in [1.165, 1.54) is 6.33 Å². The van der Waals surface area contributed by atoms with E-state index in [-0.39, 0.29) is 17.4 Å². The third kappa shape index (κ3) is 3.21. The van der Waals surface area contributed by atoms with Gasteiger partial charge in [0.05, 0.1) is 4.92 Å². The van der Waals surface area contributed by atoms with Gasteiger partial charge in [-0.15, -0.1) is 0 Å². The zero-order chi connectivity index (χ0) is 14.5. The SMILES string of the molecule is CCNc1ncnc(Oc2cccc(Br)c2)c1[N+](=O)[O-]. The van der Waals surface area contributed by atoms with Gasteiger partial charge in [0.15, 0.2) is 0 Å². The number of halogens is 1. The summed E-state index contributed by atoms with van der Waals surface area (Å²) >= 11 is 3.30. The molecule has 1 aromatic carbocycles. The molecule has 104 valence electrons. The standard InChI is InChI=1S/C12H11BrN4O3/c1-2-14-11-10(17(18)19)12(16-7-15-11)20-9-5-3-4-8(13)6-9/h3-7H,2H2,1H3,(H,14,15,16). The molecule has 2 aromatic rings. The Morgan fingerprint density at radius 2 is 2.25 bits per heavy atom. The van der Waals surface area contributed by atoms with Crippen LogP contribution in [0.5, 0.6) is 11.6 Å². The minimum Gasteiger partial charge on any atom is -0.434 e. The Kier molecular flexibility index (Phi) is 4.46. The summed E-state index contributed by atoms with van der Waals surface area (Å²) in [6, 6.07) is 6.96. The van der Waals surface area contributed by atoms with E-state index >= 15 is 0 Å². The molecular formula is C12H11BrN4O3. The first-order chi connectivity index (χ1) is 9.61. The number of aromatic nitrogens is 2. The van der Waals surface area contributed by atoms with Crippen LogP contribution in [0.25, 0.3) is 0 Å². The van der Waals surface area contributed by atoms with Crippen molar-refractivity contribution in [2.75, 3.05) is 11.9 Å².